The summed E-state index contributed by atoms with van der Waals surface area (Å²) in [6.07, 6.45) is -1.84. The first-order chi connectivity index (χ1) is 7.15. The molecule has 0 aromatic carbocycles. The molecule has 1 amide bonds. The minimum absolute atomic E-state index is 0.216. The van der Waals surface area contributed by atoms with Crippen LogP contribution in [-0.2, 0) is 9.53 Å². The summed E-state index contributed by atoms with van der Waals surface area (Å²) >= 11 is 3.15. The minimum Gasteiger partial charge on any atom is -0.381 e. The van der Waals surface area contributed by atoms with Gasteiger partial charge in [-0.2, -0.15) is 0 Å². The lowest BCUT2D eigenvalue weighted by atomic mass is 10.1. The lowest BCUT2D eigenvalue weighted by Crippen LogP contribution is -2.40. The molecule has 88 valence electrons. The summed E-state index contributed by atoms with van der Waals surface area (Å²) in [6, 6.07) is 0. The first kappa shape index (κ1) is 12.8. The Hall–Kier alpha value is -0.230. The van der Waals surface area contributed by atoms with Crippen molar-refractivity contribution in [3.63, 3.8) is 0 Å². The van der Waals surface area contributed by atoms with E-state index in [1.54, 1.807) is 0 Å². The van der Waals surface area contributed by atoms with E-state index in [-0.39, 0.29) is 11.8 Å². The second kappa shape index (κ2) is 6.37. The van der Waals surface area contributed by atoms with Crippen LogP contribution in [0.1, 0.15) is 6.42 Å². The molecule has 1 saturated heterocycles. The van der Waals surface area contributed by atoms with Crippen LogP contribution in [-0.4, -0.2) is 48.9 Å². The third-order valence-electron chi connectivity index (χ3n) is 2.30. The topological polar surface area (TPSA) is 29.5 Å². The van der Waals surface area contributed by atoms with Crippen molar-refractivity contribution in [2.75, 3.05) is 31.6 Å². The molecule has 0 saturated carbocycles. The largest absolute Gasteiger partial charge is 0.381 e. The second-order valence-corrected chi connectivity index (χ2v) is 4.22. The molecule has 1 rings (SSSR count). The molecule has 6 heteroatoms. The highest BCUT2D eigenvalue weighted by Gasteiger charge is 2.28. The molecule has 3 nitrogen and oxygen atoms in total. The van der Waals surface area contributed by atoms with Crippen LogP contribution in [0.3, 0.4) is 0 Å². The Balaban J connectivity index is 2.49. The highest BCUT2D eigenvalue weighted by atomic mass is 79.9. The third-order valence-corrected chi connectivity index (χ3v) is 2.66. The van der Waals surface area contributed by atoms with Crippen LogP contribution in [0.2, 0.25) is 0 Å². The van der Waals surface area contributed by atoms with Crippen molar-refractivity contribution in [3.05, 3.63) is 0 Å². The van der Waals surface area contributed by atoms with Gasteiger partial charge in [-0.1, -0.05) is 15.9 Å². The van der Waals surface area contributed by atoms with E-state index in [4.69, 9.17) is 4.74 Å². The Morgan fingerprint density at radius 2 is 2.33 bits per heavy atom. The fraction of sp³-hybridized carbons (Fsp3) is 0.889. The number of carbonyl (C=O) groups is 1. The molecule has 1 fully saturated rings. The number of halogens is 3. The summed E-state index contributed by atoms with van der Waals surface area (Å²) in [4.78, 5) is 13.0. The molecule has 0 bridgehead atoms. The van der Waals surface area contributed by atoms with E-state index in [0.29, 0.717) is 31.5 Å². The molecule has 0 aliphatic carbocycles. The Bertz CT molecular complexity index is 210. The average Bonchev–Trinajstić information content (AvgIpc) is 2.68. The average molecular weight is 286 g/mol. The molecular weight excluding hydrogens is 272 g/mol. The lowest BCUT2D eigenvalue weighted by Gasteiger charge is -2.23. The molecule has 15 heavy (non-hydrogen) atoms. The number of ether oxygens (including phenoxy) is 1. The van der Waals surface area contributed by atoms with Crippen LogP contribution in [0.25, 0.3) is 0 Å². The lowest BCUT2D eigenvalue weighted by molar-refractivity contribution is -0.137. The maximum atomic E-state index is 12.2. The molecule has 1 unspecified atom stereocenters. The van der Waals surface area contributed by atoms with Gasteiger partial charge in [0.15, 0.2) is 0 Å². The summed E-state index contributed by atoms with van der Waals surface area (Å²) in [5, 5.41) is 0.513. The number of carbonyl (C=O) groups excluding carboxylic acids is 1. The van der Waals surface area contributed by atoms with Gasteiger partial charge in [0, 0.05) is 18.5 Å². The van der Waals surface area contributed by atoms with Crippen LogP contribution in [0, 0.1) is 5.92 Å². The maximum absolute atomic E-state index is 12.2. The Morgan fingerprint density at radius 3 is 2.80 bits per heavy atom. The van der Waals surface area contributed by atoms with Crippen molar-refractivity contribution in [3.8, 4) is 0 Å². The predicted octanol–water partition coefficient (Wildman–Crippen LogP) is 1.51. The quantitative estimate of drug-likeness (QED) is 0.717. The maximum Gasteiger partial charge on any atom is 0.255 e. The highest BCUT2D eigenvalue weighted by molar-refractivity contribution is 9.09. The van der Waals surface area contributed by atoms with Crippen LogP contribution in [0.15, 0.2) is 0 Å². The van der Waals surface area contributed by atoms with E-state index < -0.39 is 13.0 Å². The van der Waals surface area contributed by atoms with Crippen molar-refractivity contribution < 1.29 is 18.3 Å². The second-order valence-electron chi connectivity index (χ2n) is 3.42. The van der Waals surface area contributed by atoms with E-state index >= 15 is 0 Å². The Morgan fingerprint density at radius 1 is 1.60 bits per heavy atom. The van der Waals surface area contributed by atoms with Crippen LogP contribution < -0.4 is 0 Å². The van der Waals surface area contributed by atoms with Crippen LogP contribution in [0.5, 0.6) is 0 Å². The summed E-state index contributed by atoms with van der Waals surface area (Å²) in [7, 11) is 0. The number of nitrogens with zero attached hydrogens (tertiary/aromatic N) is 1. The fourth-order valence-corrected chi connectivity index (χ4v) is 1.98. The molecule has 0 N–H and O–H groups in total. The molecule has 0 spiro atoms. The standard InChI is InChI=1S/C9H14BrF2NO2/c10-2-3-13(5-8(11)12)9(14)7-1-4-15-6-7/h7-8H,1-6H2. The zero-order valence-electron chi connectivity index (χ0n) is 8.29. The first-order valence-corrected chi connectivity index (χ1v) is 5.98. The number of hydrogen-bond acceptors (Lipinski definition) is 2. The van der Waals surface area contributed by atoms with Crippen molar-refractivity contribution in [1.29, 1.82) is 0 Å². The van der Waals surface area contributed by atoms with Gasteiger partial charge in [0.1, 0.15) is 0 Å². The van der Waals surface area contributed by atoms with Gasteiger partial charge in [-0.3, -0.25) is 4.79 Å². The number of rotatable bonds is 5. The molecule has 0 aromatic heterocycles. The Labute approximate surface area is 95.9 Å². The van der Waals surface area contributed by atoms with E-state index in [2.05, 4.69) is 15.9 Å². The van der Waals surface area contributed by atoms with Gasteiger partial charge in [0.05, 0.1) is 19.1 Å². The third kappa shape index (κ3) is 4.03. The van der Waals surface area contributed by atoms with Crippen molar-refractivity contribution in [2.24, 2.45) is 5.92 Å². The zero-order chi connectivity index (χ0) is 11.3. The van der Waals surface area contributed by atoms with Gasteiger partial charge in [0.2, 0.25) is 5.91 Å². The smallest absolute Gasteiger partial charge is 0.255 e. The molecule has 0 aromatic rings. The van der Waals surface area contributed by atoms with Crippen molar-refractivity contribution in [1.82, 2.24) is 4.90 Å². The Kier molecular flexibility index (Phi) is 5.45. The summed E-state index contributed by atoms with van der Waals surface area (Å²) in [6.45, 7) is 0.745. The van der Waals surface area contributed by atoms with Crippen molar-refractivity contribution >= 4 is 21.8 Å². The molecule has 1 atom stereocenters. The van der Waals surface area contributed by atoms with Gasteiger partial charge in [-0.05, 0) is 6.42 Å². The van der Waals surface area contributed by atoms with E-state index in [1.165, 1.54) is 4.90 Å². The highest BCUT2D eigenvalue weighted by Crippen LogP contribution is 2.16. The van der Waals surface area contributed by atoms with E-state index in [0.717, 1.165) is 0 Å². The van der Waals surface area contributed by atoms with Crippen LogP contribution >= 0.6 is 15.9 Å². The number of amides is 1. The van der Waals surface area contributed by atoms with Gasteiger partial charge in [-0.25, -0.2) is 8.78 Å². The normalized spacial score (nSPS) is 20.9. The minimum atomic E-state index is -2.48. The van der Waals surface area contributed by atoms with E-state index in [9.17, 15) is 13.6 Å². The summed E-state index contributed by atoms with van der Waals surface area (Å²) in [5.41, 5.74) is 0. The predicted molar refractivity (Wildman–Crippen MR) is 55.3 cm³/mol. The molecule has 0 radical (unpaired) electrons. The fourth-order valence-electron chi connectivity index (χ4n) is 1.55. The van der Waals surface area contributed by atoms with Gasteiger partial charge in [0.25, 0.3) is 6.43 Å². The van der Waals surface area contributed by atoms with Crippen LogP contribution in [0.4, 0.5) is 8.78 Å². The first-order valence-electron chi connectivity index (χ1n) is 4.85. The monoisotopic (exact) mass is 285 g/mol. The van der Waals surface area contributed by atoms with Gasteiger partial charge in [-0.15, -0.1) is 0 Å². The summed E-state index contributed by atoms with van der Waals surface area (Å²) < 4.78 is 29.5. The van der Waals surface area contributed by atoms with Gasteiger partial charge < -0.3 is 9.64 Å². The number of hydrogen-bond donors (Lipinski definition) is 0. The van der Waals surface area contributed by atoms with E-state index in [1.807, 2.05) is 0 Å². The molecular formula is C9H14BrF2NO2. The van der Waals surface area contributed by atoms with Crippen molar-refractivity contribution in [2.45, 2.75) is 12.8 Å². The number of alkyl halides is 3. The van der Waals surface area contributed by atoms with Gasteiger partial charge >= 0.3 is 0 Å². The molecule has 1 aliphatic rings. The molecule has 1 aliphatic heterocycles. The SMILES string of the molecule is O=C(C1CCOC1)N(CCBr)CC(F)F. The molecule has 1 heterocycles. The summed E-state index contributed by atoms with van der Waals surface area (Å²) in [5.74, 6) is -0.449. The zero-order valence-corrected chi connectivity index (χ0v) is 9.88.